The van der Waals surface area contributed by atoms with E-state index in [2.05, 4.69) is 152 Å². The van der Waals surface area contributed by atoms with Gasteiger partial charge in [0.25, 0.3) is 0 Å². The van der Waals surface area contributed by atoms with Crippen LogP contribution >= 0.6 is 0 Å². The molecule has 8 aromatic carbocycles. The van der Waals surface area contributed by atoms with Crippen molar-refractivity contribution < 1.29 is 28.5 Å². The van der Waals surface area contributed by atoms with Crippen molar-refractivity contribution in [1.82, 2.24) is 0 Å². The van der Waals surface area contributed by atoms with Gasteiger partial charge in [-0.1, -0.05) is 135 Å². The van der Waals surface area contributed by atoms with Gasteiger partial charge >= 0.3 is 11.9 Å². The molecule has 0 aliphatic rings. The predicted octanol–water partition coefficient (Wildman–Crippen LogP) is 15.0. The van der Waals surface area contributed by atoms with E-state index in [4.69, 9.17) is 18.9 Å². The molecule has 7 nitrogen and oxygen atoms in total. The molecule has 8 rings (SSSR count). The monoisotopic (exact) mass is 941 g/mol. The van der Waals surface area contributed by atoms with Gasteiger partial charge in [0.15, 0.2) is 0 Å². The average molecular weight is 942 g/mol. The van der Waals surface area contributed by atoms with E-state index in [9.17, 15) is 9.59 Å². The highest BCUT2D eigenvalue weighted by atomic mass is 16.6. The molecule has 1 atom stereocenters. The van der Waals surface area contributed by atoms with Crippen molar-refractivity contribution in [3.05, 3.63) is 244 Å². The summed E-state index contributed by atoms with van der Waals surface area (Å²) in [6.07, 6.45) is 2.68. The van der Waals surface area contributed by atoms with Crippen LogP contribution in [0.4, 0.5) is 17.1 Å². The number of hydrogen-bond donors (Lipinski definition) is 0. The normalized spacial score (nSPS) is 11.9. The van der Waals surface area contributed by atoms with Gasteiger partial charge in [-0.05, 0) is 170 Å². The van der Waals surface area contributed by atoms with E-state index in [1.165, 1.54) is 29.2 Å². The van der Waals surface area contributed by atoms with E-state index in [1.54, 1.807) is 21.0 Å². The second-order valence-electron chi connectivity index (χ2n) is 19.3. The van der Waals surface area contributed by atoms with Crippen LogP contribution < -0.4 is 23.8 Å². The zero-order chi connectivity index (χ0) is 50.1. The Hall–Kier alpha value is -7.90. The first-order chi connectivity index (χ1) is 34.2. The molecule has 0 saturated carbocycles. The van der Waals surface area contributed by atoms with E-state index in [0.29, 0.717) is 17.2 Å². The largest absolute Gasteiger partial charge is 0.497 e. The average Bonchev–Trinajstić information content (AvgIpc) is 3.38. The molecule has 7 heteroatoms. The Bertz CT molecular complexity index is 3050. The molecule has 0 saturated heterocycles. The Morgan fingerprint density at radius 3 is 1.49 bits per heavy atom. The molecule has 0 aromatic heterocycles. The fourth-order valence-corrected chi connectivity index (χ4v) is 8.99. The van der Waals surface area contributed by atoms with Gasteiger partial charge < -0.3 is 23.8 Å². The fraction of sp³-hybridized carbons (Fsp3) is 0.219. The smallest absolute Gasteiger partial charge is 0.355 e. The zero-order valence-electron chi connectivity index (χ0n) is 42.1. The molecule has 0 aliphatic heterocycles. The zero-order valence-corrected chi connectivity index (χ0v) is 42.1. The number of hydrogen-bond acceptors (Lipinski definition) is 7. The topological polar surface area (TPSA) is 74.3 Å². The minimum absolute atomic E-state index is 0.0577. The van der Waals surface area contributed by atoms with Crippen LogP contribution in [-0.2, 0) is 34.3 Å². The van der Waals surface area contributed by atoms with Crippen LogP contribution in [0.3, 0.4) is 0 Å². The number of rotatable bonds is 18. The van der Waals surface area contributed by atoms with Gasteiger partial charge in [0.05, 0.1) is 7.11 Å². The minimum Gasteiger partial charge on any atom is -0.497 e. The summed E-state index contributed by atoms with van der Waals surface area (Å²) in [6, 6.07) is 66.9. The molecule has 0 N–H and O–H groups in total. The van der Waals surface area contributed by atoms with Crippen LogP contribution in [0.25, 0.3) is 0 Å². The molecule has 0 heterocycles. The maximum Gasteiger partial charge on any atom is 0.355 e. The molecular formula is C64H63NO6. The van der Waals surface area contributed by atoms with Gasteiger partial charge in [0.2, 0.25) is 5.60 Å². The van der Waals surface area contributed by atoms with Crippen molar-refractivity contribution in [2.75, 3.05) is 12.0 Å². The Kier molecular flexibility index (Phi) is 15.2. The maximum absolute atomic E-state index is 13.7. The van der Waals surface area contributed by atoms with Crippen LogP contribution in [0, 0.1) is 13.8 Å². The van der Waals surface area contributed by atoms with Crippen LogP contribution in [0.5, 0.6) is 23.0 Å². The highest BCUT2D eigenvalue weighted by Crippen LogP contribution is 2.39. The summed E-state index contributed by atoms with van der Waals surface area (Å²) in [6.45, 7) is 13.1. The SMILES string of the molecule is COc1ccc(CCc2ccc(N(c3ccccc3)c3ccc(CC(c4ccccc4)c4ccc(OC(=O)C(C)(C)Oc5ccc(C(C)(C)c6ccc(OC(C)=O)c(C)c6)cc5C)cc4)cc3)cc2)cc1. The Labute approximate surface area is 419 Å². The van der Waals surface area contributed by atoms with Crippen LogP contribution in [0.1, 0.15) is 90.6 Å². The first-order valence-corrected chi connectivity index (χ1v) is 24.3. The van der Waals surface area contributed by atoms with E-state index in [1.807, 2.05) is 74.5 Å². The van der Waals surface area contributed by atoms with E-state index in [0.717, 1.165) is 69.9 Å². The molecule has 0 radical (unpaired) electrons. The van der Waals surface area contributed by atoms with Crippen LogP contribution in [-0.4, -0.2) is 24.6 Å². The summed E-state index contributed by atoms with van der Waals surface area (Å²) in [4.78, 5) is 27.6. The predicted molar refractivity (Wildman–Crippen MR) is 286 cm³/mol. The van der Waals surface area contributed by atoms with Crippen molar-refractivity contribution in [2.24, 2.45) is 0 Å². The molecule has 0 fully saturated rings. The third kappa shape index (κ3) is 12.1. The second-order valence-corrected chi connectivity index (χ2v) is 19.3. The van der Waals surface area contributed by atoms with Crippen LogP contribution in [0.2, 0.25) is 0 Å². The summed E-state index contributed by atoms with van der Waals surface area (Å²) in [5.41, 5.74) is 11.7. The van der Waals surface area contributed by atoms with Crippen molar-refractivity contribution in [2.45, 2.75) is 84.7 Å². The first kappa shape index (κ1) is 49.5. The number of para-hydroxylation sites is 1. The standard InChI is InChI=1S/C64H63NO6/c1-44-41-52(29-39-60(44)69-46(3)66)63(4,5)53-30-40-61(45(2)42-53)71-64(6,7)62(67)70-58-37-27-51(28-38-58)59(50-15-11-9-12-16-50)43-49-23-33-56(34-24-49)65(54-17-13-10-14-18-54)55-31-21-47(22-32-55)19-20-48-25-35-57(68-8)36-26-48/h9-18,21-42,59H,19-20,43H2,1-8H3. The van der Waals surface area contributed by atoms with E-state index >= 15 is 0 Å². The summed E-state index contributed by atoms with van der Waals surface area (Å²) >= 11 is 0. The number of carbonyl (C=O) groups excluding carboxylic acids is 2. The molecular weight excluding hydrogens is 879 g/mol. The molecule has 8 aromatic rings. The van der Waals surface area contributed by atoms with Crippen molar-refractivity contribution in [1.29, 1.82) is 0 Å². The number of methoxy groups -OCH3 is 1. The lowest BCUT2D eigenvalue weighted by Crippen LogP contribution is -2.41. The lowest BCUT2D eigenvalue weighted by molar-refractivity contribution is -0.149. The summed E-state index contributed by atoms with van der Waals surface area (Å²) in [5, 5.41) is 0. The number of anilines is 3. The molecule has 0 spiro atoms. The molecule has 0 amide bonds. The Morgan fingerprint density at radius 2 is 0.972 bits per heavy atom. The Morgan fingerprint density at radius 1 is 0.507 bits per heavy atom. The highest BCUT2D eigenvalue weighted by Gasteiger charge is 2.34. The number of ether oxygens (including phenoxy) is 4. The summed E-state index contributed by atoms with van der Waals surface area (Å²) in [5.74, 6) is 1.69. The Balaban J connectivity index is 0.938. The van der Waals surface area contributed by atoms with Gasteiger partial charge in [0.1, 0.15) is 23.0 Å². The van der Waals surface area contributed by atoms with Crippen molar-refractivity contribution in [3.63, 3.8) is 0 Å². The van der Waals surface area contributed by atoms with Crippen molar-refractivity contribution >= 4 is 29.0 Å². The highest BCUT2D eigenvalue weighted by molar-refractivity contribution is 5.81. The van der Waals surface area contributed by atoms with Gasteiger partial charge in [-0.25, -0.2) is 4.79 Å². The molecule has 360 valence electrons. The van der Waals surface area contributed by atoms with Gasteiger partial charge in [-0.3, -0.25) is 4.79 Å². The molecule has 0 aliphatic carbocycles. The lowest BCUT2D eigenvalue weighted by Gasteiger charge is -2.29. The quantitative estimate of drug-likeness (QED) is 0.0627. The first-order valence-electron chi connectivity index (χ1n) is 24.3. The third-order valence-corrected chi connectivity index (χ3v) is 13.3. The maximum atomic E-state index is 13.7. The summed E-state index contributed by atoms with van der Waals surface area (Å²) < 4.78 is 23.0. The van der Waals surface area contributed by atoms with E-state index < -0.39 is 11.6 Å². The fourth-order valence-electron chi connectivity index (χ4n) is 8.99. The lowest BCUT2D eigenvalue weighted by atomic mass is 9.77. The molecule has 71 heavy (non-hydrogen) atoms. The van der Waals surface area contributed by atoms with Crippen LogP contribution in [0.15, 0.2) is 194 Å². The molecule has 0 bridgehead atoms. The van der Waals surface area contributed by atoms with Gasteiger partial charge in [0, 0.05) is 35.3 Å². The second kappa shape index (κ2) is 21.8. The number of nitrogens with zero attached hydrogens (tertiary/aromatic N) is 1. The number of aryl methyl sites for hydroxylation is 4. The van der Waals surface area contributed by atoms with E-state index in [-0.39, 0.29) is 17.3 Å². The van der Waals surface area contributed by atoms with Gasteiger partial charge in [-0.2, -0.15) is 0 Å². The van der Waals surface area contributed by atoms with Crippen molar-refractivity contribution in [3.8, 4) is 23.0 Å². The number of carbonyl (C=O) groups is 2. The van der Waals surface area contributed by atoms with Gasteiger partial charge in [-0.15, -0.1) is 0 Å². The third-order valence-electron chi connectivity index (χ3n) is 13.3. The minimum atomic E-state index is -1.28. The molecule has 1 unspecified atom stereocenters. The number of esters is 2. The summed E-state index contributed by atoms with van der Waals surface area (Å²) in [7, 11) is 1.69. The number of benzene rings is 8.